The summed E-state index contributed by atoms with van der Waals surface area (Å²) in [6.45, 7) is 6.34. The second-order valence-corrected chi connectivity index (χ2v) is 6.69. The molecule has 1 unspecified atom stereocenters. The van der Waals surface area contributed by atoms with Crippen LogP contribution in [-0.4, -0.2) is 31.9 Å². The van der Waals surface area contributed by atoms with Crippen molar-refractivity contribution in [1.82, 2.24) is 5.32 Å². The molecule has 20 heavy (non-hydrogen) atoms. The minimum absolute atomic E-state index is 0.0102. The molecular weight excluding hydrogens is 272 g/mol. The fourth-order valence-corrected chi connectivity index (χ4v) is 2.22. The topological polar surface area (TPSA) is 32.3 Å². The molecule has 1 N–H and O–H groups in total. The molecule has 0 aliphatic carbocycles. The molecule has 0 aliphatic rings. The third-order valence-electron chi connectivity index (χ3n) is 3.37. The maximum Gasteiger partial charge on any atom is 0.251 e. The Balaban J connectivity index is 2.86. The Hall–Kier alpha value is -1.22. The number of anilines is 1. The van der Waals surface area contributed by atoms with Crippen molar-refractivity contribution in [3.63, 3.8) is 0 Å². The monoisotopic (exact) mass is 296 g/mol. The average Bonchev–Trinajstić information content (AvgIpc) is 2.37. The first-order chi connectivity index (χ1) is 9.25. The SMILES string of the molecule is CN(C)c1cccc(C(=O)NC(CCCl)C(C)(C)C)c1. The van der Waals surface area contributed by atoms with Gasteiger partial charge in [0.25, 0.3) is 5.91 Å². The van der Waals surface area contributed by atoms with Gasteiger partial charge in [0.2, 0.25) is 0 Å². The van der Waals surface area contributed by atoms with E-state index in [1.54, 1.807) is 0 Å². The van der Waals surface area contributed by atoms with Crippen molar-refractivity contribution in [3.05, 3.63) is 29.8 Å². The van der Waals surface area contributed by atoms with Gasteiger partial charge in [0.05, 0.1) is 0 Å². The van der Waals surface area contributed by atoms with E-state index in [1.165, 1.54) is 0 Å². The summed E-state index contributed by atoms with van der Waals surface area (Å²) in [7, 11) is 3.92. The molecule has 1 atom stereocenters. The number of hydrogen-bond donors (Lipinski definition) is 1. The van der Waals surface area contributed by atoms with E-state index in [4.69, 9.17) is 11.6 Å². The number of carbonyl (C=O) groups excluding carboxylic acids is 1. The number of alkyl halides is 1. The summed E-state index contributed by atoms with van der Waals surface area (Å²) >= 11 is 5.84. The van der Waals surface area contributed by atoms with Crippen molar-refractivity contribution >= 4 is 23.2 Å². The summed E-state index contributed by atoms with van der Waals surface area (Å²) in [6, 6.07) is 7.68. The third-order valence-corrected chi connectivity index (χ3v) is 3.59. The van der Waals surface area contributed by atoms with E-state index in [0.29, 0.717) is 11.4 Å². The van der Waals surface area contributed by atoms with Crippen LogP contribution in [0.4, 0.5) is 5.69 Å². The molecule has 0 saturated carbocycles. The predicted molar refractivity (Wildman–Crippen MR) is 86.8 cm³/mol. The van der Waals surface area contributed by atoms with Gasteiger partial charge in [-0.1, -0.05) is 26.8 Å². The fraction of sp³-hybridized carbons (Fsp3) is 0.562. The van der Waals surface area contributed by atoms with E-state index in [-0.39, 0.29) is 17.4 Å². The van der Waals surface area contributed by atoms with Crippen LogP contribution in [0.25, 0.3) is 0 Å². The lowest BCUT2D eigenvalue weighted by atomic mass is 9.85. The van der Waals surface area contributed by atoms with E-state index in [2.05, 4.69) is 26.1 Å². The number of halogens is 1. The Kier molecular flexibility index (Phi) is 5.88. The smallest absolute Gasteiger partial charge is 0.251 e. The first-order valence-electron chi connectivity index (χ1n) is 6.90. The van der Waals surface area contributed by atoms with Gasteiger partial charge in [0.1, 0.15) is 0 Å². The quantitative estimate of drug-likeness (QED) is 0.843. The van der Waals surface area contributed by atoms with Gasteiger partial charge in [-0.05, 0) is 30.0 Å². The zero-order valence-electron chi connectivity index (χ0n) is 13.0. The third kappa shape index (κ3) is 4.71. The van der Waals surface area contributed by atoms with Gasteiger partial charge < -0.3 is 10.2 Å². The van der Waals surface area contributed by atoms with Crippen molar-refractivity contribution < 1.29 is 4.79 Å². The van der Waals surface area contributed by atoms with Crippen LogP contribution in [0.15, 0.2) is 24.3 Å². The van der Waals surface area contributed by atoms with Crippen LogP contribution in [0.3, 0.4) is 0 Å². The van der Waals surface area contributed by atoms with Gasteiger partial charge in [-0.15, -0.1) is 11.6 Å². The molecule has 4 heteroatoms. The number of hydrogen-bond acceptors (Lipinski definition) is 2. The van der Waals surface area contributed by atoms with E-state index >= 15 is 0 Å². The number of nitrogens with zero attached hydrogens (tertiary/aromatic N) is 1. The zero-order valence-corrected chi connectivity index (χ0v) is 13.8. The minimum atomic E-state index is -0.0428. The predicted octanol–water partition coefficient (Wildman–Crippen LogP) is 3.53. The summed E-state index contributed by atoms with van der Waals surface area (Å²) in [5, 5.41) is 3.10. The van der Waals surface area contributed by atoms with E-state index in [0.717, 1.165) is 12.1 Å². The molecule has 0 bridgehead atoms. The van der Waals surface area contributed by atoms with Crippen molar-refractivity contribution in [2.75, 3.05) is 24.9 Å². The second kappa shape index (κ2) is 6.98. The van der Waals surface area contributed by atoms with Gasteiger partial charge in [0.15, 0.2) is 0 Å². The highest BCUT2D eigenvalue weighted by molar-refractivity contribution is 6.17. The highest BCUT2D eigenvalue weighted by atomic mass is 35.5. The second-order valence-electron chi connectivity index (χ2n) is 6.31. The Morgan fingerprint density at radius 2 is 2.00 bits per heavy atom. The van der Waals surface area contributed by atoms with Crippen LogP contribution in [-0.2, 0) is 0 Å². The van der Waals surface area contributed by atoms with Gasteiger partial charge >= 0.3 is 0 Å². The maximum absolute atomic E-state index is 12.4. The summed E-state index contributed by atoms with van der Waals surface area (Å²) in [5.74, 6) is 0.499. The summed E-state index contributed by atoms with van der Waals surface area (Å²) in [6.07, 6.45) is 0.768. The highest BCUT2D eigenvalue weighted by Gasteiger charge is 2.26. The summed E-state index contributed by atoms with van der Waals surface area (Å²) < 4.78 is 0. The van der Waals surface area contributed by atoms with Gasteiger partial charge in [-0.25, -0.2) is 0 Å². The first kappa shape index (κ1) is 16.8. The van der Waals surface area contributed by atoms with E-state index < -0.39 is 0 Å². The van der Waals surface area contributed by atoms with Crippen LogP contribution in [0.2, 0.25) is 0 Å². The average molecular weight is 297 g/mol. The van der Waals surface area contributed by atoms with Gasteiger partial charge in [0, 0.05) is 37.3 Å². The zero-order chi connectivity index (χ0) is 15.3. The van der Waals surface area contributed by atoms with Crippen LogP contribution in [0, 0.1) is 5.41 Å². The molecule has 3 nitrogen and oxygen atoms in total. The molecule has 0 aromatic heterocycles. The Morgan fingerprint density at radius 1 is 1.35 bits per heavy atom. The van der Waals surface area contributed by atoms with Gasteiger partial charge in [-0.3, -0.25) is 4.79 Å². The van der Waals surface area contributed by atoms with Crippen molar-refractivity contribution in [1.29, 1.82) is 0 Å². The van der Waals surface area contributed by atoms with Crippen molar-refractivity contribution in [2.24, 2.45) is 5.41 Å². The number of rotatable bonds is 5. The lowest BCUT2D eigenvalue weighted by molar-refractivity contribution is 0.0900. The molecule has 0 heterocycles. The van der Waals surface area contributed by atoms with Crippen LogP contribution >= 0.6 is 11.6 Å². The molecule has 0 fully saturated rings. The Bertz CT molecular complexity index is 452. The minimum Gasteiger partial charge on any atom is -0.378 e. The maximum atomic E-state index is 12.4. The molecular formula is C16H25ClN2O. The molecule has 1 rings (SSSR count). The van der Waals surface area contributed by atoms with Crippen LogP contribution in [0.5, 0.6) is 0 Å². The largest absolute Gasteiger partial charge is 0.378 e. The summed E-state index contributed by atoms with van der Waals surface area (Å²) in [4.78, 5) is 14.4. The fourth-order valence-electron chi connectivity index (χ4n) is 2.00. The number of nitrogens with one attached hydrogen (secondary N) is 1. The molecule has 1 amide bonds. The molecule has 0 radical (unpaired) electrons. The standard InChI is InChI=1S/C16H25ClN2O/c1-16(2,3)14(9-10-17)18-15(20)12-7-6-8-13(11-12)19(4)5/h6-8,11,14H,9-10H2,1-5H3,(H,18,20). The normalized spacial score (nSPS) is 12.9. The number of benzene rings is 1. The van der Waals surface area contributed by atoms with Crippen molar-refractivity contribution in [3.8, 4) is 0 Å². The number of carbonyl (C=O) groups is 1. The lowest BCUT2D eigenvalue weighted by Gasteiger charge is -2.31. The van der Waals surface area contributed by atoms with Crippen LogP contribution in [0.1, 0.15) is 37.6 Å². The highest BCUT2D eigenvalue weighted by Crippen LogP contribution is 2.23. The molecule has 0 saturated heterocycles. The van der Waals surface area contributed by atoms with Gasteiger partial charge in [-0.2, -0.15) is 0 Å². The van der Waals surface area contributed by atoms with E-state index in [1.807, 2.05) is 43.3 Å². The Labute approximate surface area is 127 Å². The molecule has 1 aromatic rings. The molecule has 1 aromatic carbocycles. The molecule has 0 spiro atoms. The van der Waals surface area contributed by atoms with Crippen LogP contribution < -0.4 is 10.2 Å². The summed E-state index contributed by atoms with van der Waals surface area (Å²) in [5.41, 5.74) is 1.69. The van der Waals surface area contributed by atoms with E-state index in [9.17, 15) is 4.79 Å². The Morgan fingerprint density at radius 3 is 2.50 bits per heavy atom. The molecule has 112 valence electrons. The number of amides is 1. The molecule has 0 aliphatic heterocycles. The first-order valence-corrected chi connectivity index (χ1v) is 7.43. The lowest BCUT2D eigenvalue weighted by Crippen LogP contribution is -2.44. The van der Waals surface area contributed by atoms with Crippen molar-refractivity contribution in [2.45, 2.75) is 33.2 Å².